The van der Waals surface area contributed by atoms with Gasteiger partial charge in [0.05, 0.1) is 6.20 Å². The molecular formula is C20H23N3O2. The molecule has 130 valence electrons. The van der Waals surface area contributed by atoms with Crippen LogP contribution in [0.4, 0.5) is 0 Å². The Morgan fingerprint density at radius 2 is 2.20 bits per heavy atom. The molecule has 0 aliphatic carbocycles. The van der Waals surface area contributed by atoms with Crippen molar-refractivity contribution >= 4 is 16.7 Å². The first-order chi connectivity index (χ1) is 12.3. The predicted octanol–water partition coefficient (Wildman–Crippen LogP) is 4.20. The van der Waals surface area contributed by atoms with E-state index >= 15 is 0 Å². The maximum absolute atomic E-state index is 12.4. The number of fused-ring (bicyclic) bond motifs is 1. The predicted molar refractivity (Wildman–Crippen MR) is 96.5 cm³/mol. The summed E-state index contributed by atoms with van der Waals surface area (Å²) in [6.07, 6.45) is 7.77. The number of benzene rings is 1. The summed E-state index contributed by atoms with van der Waals surface area (Å²) < 4.78 is 5.17. The molecule has 0 amide bonds. The zero-order chi connectivity index (χ0) is 17.2. The van der Waals surface area contributed by atoms with Crippen molar-refractivity contribution in [3.8, 4) is 0 Å². The van der Waals surface area contributed by atoms with Crippen LogP contribution in [0.1, 0.15) is 48.5 Å². The number of ketones is 1. The zero-order valence-electron chi connectivity index (χ0n) is 14.4. The highest BCUT2D eigenvalue weighted by molar-refractivity contribution is 5.93. The van der Waals surface area contributed by atoms with Crippen molar-refractivity contribution in [3.63, 3.8) is 0 Å². The van der Waals surface area contributed by atoms with E-state index in [4.69, 9.17) is 4.42 Å². The highest BCUT2D eigenvalue weighted by Gasteiger charge is 2.31. The minimum absolute atomic E-state index is 0.0274. The van der Waals surface area contributed by atoms with Gasteiger partial charge in [0.2, 0.25) is 5.78 Å². The fraction of sp³-hybridized carbons (Fsp3) is 0.400. The summed E-state index contributed by atoms with van der Waals surface area (Å²) in [4.78, 5) is 22.2. The molecule has 1 aliphatic heterocycles. The molecule has 0 bridgehead atoms. The Hall–Kier alpha value is -2.40. The summed E-state index contributed by atoms with van der Waals surface area (Å²) in [6, 6.07) is 9.18. The molecular weight excluding hydrogens is 314 g/mol. The average molecular weight is 337 g/mol. The number of piperidine rings is 1. The van der Waals surface area contributed by atoms with E-state index in [-0.39, 0.29) is 17.6 Å². The number of carbonyl (C=O) groups is 1. The SMILES string of the molecule is CCC(c1ccc2[nH]ccc2c1)N1CCC(C(=O)c2ncco2)CC1. The number of nitrogens with one attached hydrogen (secondary N) is 1. The third kappa shape index (κ3) is 3.12. The van der Waals surface area contributed by atoms with Gasteiger partial charge in [-0.1, -0.05) is 13.0 Å². The fourth-order valence-electron chi connectivity index (χ4n) is 3.98. The smallest absolute Gasteiger partial charge is 0.263 e. The lowest BCUT2D eigenvalue weighted by atomic mass is 9.90. The zero-order valence-corrected chi connectivity index (χ0v) is 14.4. The van der Waals surface area contributed by atoms with Crippen molar-refractivity contribution in [2.45, 2.75) is 32.2 Å². The van der Waals surface area contributed by atoms with Crippen molar-refractivity contribution in [1.29, 1.82) is 0 Å². The Kier molecular flexibility index (Phi) is 4.40. The first-order valence-corrected chi connectivity index (χ1v) is 9.01. The Morgan fingerprint density at radius 3 is 2.92 bits per heavy atom. The third-order valence-electron chi connectivity index (χ3n) is 5.33. The van der Waals surface area contributed by atoms with Crippen LogP contribution in [0.3, 0.4) is 0 Å². The second-order valence-corrected chi connectivity index (χ2v) is 6.76. The summed E-state index contributed by atoms with van der Waals surface area (Å²) in [5.74, 6) is 0.328. The lowest BCUT2D eigenvalue weighted by Crippen LogP contribution is -2.38. The second-order valence-electron chi connectivity index (χ2n) is 6.76. The molecule has 3 heterocycles. The van der Waals surface area contributed by atoms with Crippen LogP contribution in [-0.2, 0) is 0 Å². The first kappa shape index (κ1) is 16.1. The van der Waals surface area contributed by atoms with Gasteiger partial charge in [0, 0.05) is 23.7 Å². The van der Waals surface area contributed by atoms with E-state index in [1.807, 2.05) is 6.20 Å². The molecule has 1 aliphatic rings. The average Bonchev–Trinajstić information content (AvgIpc) is 3.34. The largest absolute Gasteiger partial charge is 0.442 e. The number of aromatic nitrogens is 2. The fourth-order valence-corrected chi connectivity index (χ4v) is 3.98. The molecule has 1 fully saturated rings. The van der Waals surface area contributed by atoms with E-state index in [0.717, 1.165) is 32.4 Å². The summed E-state index contributed by atoms with van der Waals surface area (Å²) >= 11 is 0. The number of likely N-dealkylation sites (tertiary alicyclic amines) is 1. The van der Waals surface area contributed by atoms with Crippen LogP contribution in [0, 0.1) is 5.92 Å². The Balaban J connectivity index is 1.45. The maximum Gasteiger partial charge on any atom is 0.263 e. The quantitative estimate of drug-likeness (QED) is 0.709. The topological polar surface area (TPSA) is 62.1 Å². The molecule has 0 radical (unpaired) electrons. The Bertz CT molecular complexity index is 845. The molecule has 5 nitrogen and oxygen atoms in total. The molecule has 5 heteroatoms. The first-order valence-electron chi connectivity index (χ1n) is 9.01. The number of rotatable bonds is 5. The van der Waals surface area contributed by atoms with Gasteiger partial charge in [0.25, 0.3) is 5.89 Å². The molecule has 2 aromatic heterocycles. The van der Waals surface area contributed by atoms with E-state index in [1.54, 1.807) is 0 Å². The minimum Gasteiger partial charge on any atom is -0.442 e. The van der Waals surface area contributed by atoms with Crippen LogP contribution >= 0.6 is 0 Å². The van der Waals surface area contributed by atoms with Crippen molar-refractivity contribution in [2.75, 3.05) is 13.1 Å². The highest BCUT2D eigenvalue weighted by Crippen LogP contribution is 2.31. The molecule has 1 N–H and O–H groups in total. The molecule has 1 aromatic carbocycles. The van der Waals surface area contributed by atoms with Gasteiger partial charge >= 0.3 is 0 Å². The number of H-pyrrole nitrogens is 1. The molecule has 1 atom stereocenters. The van der Waals surface area contributed by atoms with Crippen molar-refractivity contribution < 1.29 is 9.21 Å². The molecule has 0 saturated carbocycles. The van der Waals surface area contributed by atoms with Crippen LogP contribution in [0.2, 0.25) is 0 Å². The lowest BCUT2D eigenvalue weighted by molar-refractivity contribution is 0.0752. The maximum atomic E-state index is 12.4. The lowest BCUT2D eigenvalue weighted by Gasteiger charge is -2.36. The van der Waals surface area contributed by atoms with Gasteiger partial charge in [-0.2, -0.15) is 0 Å². The van der Waals surface area contributed by atoms with Gasteiger partial charge in [-0.3, -0.25) is 9.69 Å². The number of nitrogens with zero attached hydrogens (tertiary/aromatic N) is 2. The van der Waals surface area contributed by atoms with Gasteiger partial charge in [0.15, 0.2) is 0 Å². The summed E-state index contributed by atoms with van der Waals surface area (Å²) in [7, 11) is 0. The number of aromatic amines is 1. The number of hydrogen-bond acceptors (Lipinski definition) is 4. The molecule has 0 spiro atoms. The van der Waals surface area contributed by atoms with E-state index in [0.29, 0.717) is 6.04 Å². The van der Waals surface area contributed by atoms with Crippen LogP contribution < -0.4 is 0 Å². The third-order valence-corrected chi connectivity index (χ3v) is 5.33. The monoisotopic (exact) mass is 337 g/mol. The highest BCUT2D eigenvalue weighted by atomic mass is 16.3. The molecule has 1 unspecified atom stereocenters. The minimum atomic E-state index is 0.0274. The standard InChI is InChI=1S/C20H23N3O2/c1-2-18(16-3-4-17-15(13-16)5-8-21-17)23-10-6-14(7-11-23)19(24)20-22-9-12-25-20/h3-5,8-9,12-14,18,21H,2,6-7,10-11H2,1H3. The molecule has 1 saturated heterocycles. The van der Waals surface area contributed by atoms with Crippen LogP contribution in [-0.4, -0.2) is 33.7 Å². The van der Waals surface area contributed by atoms with Gasteiger partial charge in [-0.15, -0.1) is 0 Å². The van der Waals surface area contributed by atoms with Crippen molar-refractivity contribution in [1.82, 2.24) is 14.9 Å². The molecule has 4 rings (SSSR count). The summed E-state index contributed by atoms with van der Waals surface area (Å²) in [5, 5.41) is 1.25. The number of carbonyl (C=O) groups excluding carboxylic acids is 1. The second kappa shape index (κ2) is 6.84. The van der Waals surface area contributed by atoms with Crippen molar-refractivity contribution in [3.05, 3.63) is 54.4 Å². The Morgan fingerprint density at radius 1 is 1.36 bits per heavy atom. The van der Waals surface area contributed by atoms with Crippen LogP contribution in [0.25, 0.3) is 10.9 Å². The number of Topliss-reactive ketones (excluding diaryl/α,β-unsaturated/α-hetero) is 1. The number of hydrogen-bond donors (Lipinski definition) is 1. The molecule has 25 heavy (non-hydrogen) atoms. The van der Waals surface area contributed by atoms with E-state index in [2.05, 4.69) is 46.1 Å². The van der Waals surface area contributed by atoms with Crippen molar-refractivity contribution in [2.24, 2.45) is 5.92 Å². The van der Waals surface area contributed by atoms with Gasteiger partial charge < -0.3 is 9.40 Å². The van der Waals surface area contributed by atoms with E-state index in [1.165, 1.54) is 28.9 Å². The van der Waals surface area contributed by atoms with Gasteiger partial charge in [-0.05, 0) is 61.5 Å². The van der Waals surface area contributed by atoms with E-state index in [9.17, 15) is 4.79 Å². The van der Waals surface area contributed by atoms with E-state index < -0.39 is 0 Å². The number of oxazole rings is 1. The Labute approximate surface area is 147 Å². The normalized spacial score (nSPS) is 17.8. The summed E-state index contributed by atoms with van der Waals surface area (Å²) in [6.45, 7) is 4.09. The van der Waals surface area contributed by atoms with Gasteiger partial charge in [-0.25, -0.2) is 4.98 Å². The molecule has 3 aromatic rings. The summed E-state index contributed by atoms with van der Waals surface area (Å²) in [5.41, 5.74) is 2.53. The van der Waals surface area contributed by atoms with Crippen LogP contribution in [0.15, 0.2) is 47.3 Å². The van der Waals surface area contributed by atoms with Gasteiger partial charge in [0.1, 0.15) is 6.26 Å². The van der Waals surface area contributed by atoms with Crippen LogP contribution in [0.5, 0.6) is 0 Å².